The highest BCUT2D eigenvalue weighted by atomic mass is 32.2. The zero-order chi connectivity index (χ0) is 27.6. The Kier molecular flexibility index (Phi) is 7.96. The Labute approximate surface area is 209 Å². The second-order valence-corrected chi connectivity index (χ2v) is 10.1. The minimum atomic E-state index is -4.71. The molecule has 2 N–H and O–H groups in total. The van der Waals surface area contributed by atoms with Crippen molar-refractivity contribution in [1.82, 2.24) is 19.2 Å². The molecule has 3 rings (SSSR count). The SMILES string of the molecule is CCn1nc(-c2cccc(C(C)(C)NS(=O)(=O)NCC(F)(F)F)c2)cc1Oc1ccc(C(F)(F)F)cc1. The number of alkyl halides is 6. The summed E-state index contributed by atoms with van der Waals surface area (Å²) in [5.41, 5.74) is -0.677. The second kappa shape index (κ2) is 10.3. The van der Waals surface area contributed by atoms with Crippen LogP contribution in [-0.2, 0) is 28.5 Å². The highest BCUT2D eigenvalue weighted by Gasteiger charge is 2.33. The summed E-state index contributed by atoms with van der Waals surface area (Å²) in [6, 6.07) is 12.3. The van der Waals surface area contributed by atoms with E-state index in [-0.39, 0.29) is 11.6 Å². The number of aryl methyl sites for hydroxylation is 1. The van der Waals surface area contributed by atoms with Crippen LogP contribution in [0.3, 0.4) is 0 Å². The average Bonchev–Trinajstić information content (AvgIpc) is 3.19. The van der Waals surface area contributed by atoms with Gasteiger partial charge in [0.05, 0.1) is 16.8 Å². The Hall–Kier alpha value is -3.10. The number of halogens is 6. The van der Waals surface area contributed by atoms with Gasteiger partial charge in [-0.15, -0.1) is 0 Å². The number of aromatic nitrogens is 2. The van der Waals surface area contributed by atoms with Gasteiger partial charge in [0.15, 0.2) is 0 Å². The Morgan fingerprint density at radius 1 is 0.946 bits per heavy atom. The molecule has 0 radical (unpaired) electrons. The highest BCUT2D eigenvalue weighted by Crippen LogP contribution is 2.33. The van der Waals surface area contributed by atoms with Gasteiger partial charge in [-0.25, -0.2) is 4.68 Å². The van der Waals surface area contributed by atoms with Gasteiger partial charge < -0.3 is 4.74 Å². The Balaban J connectivity index is 1.83. The Morgan fingerprint density at radius 2 is 1.59 bits per heavy atom. The minimum absolute atomic E-state index is 0.171. The van der Waals surface area contributed by atoms with E-state index in [9.17, 15) is 34.8 Å². The standard InChI is InChI=1S/C23H24F6N4O3S/c1-4-33-20(36-18-10-8-16(9-11-18)23(27,28)29)13-19(31-33)15-6-5-7-17(12-15)21(2,3)32-37(34,35)30-14-22(24,25)26/h5-13,30,32H,4,14H2,1-3H3. The molecule has 0 saturated heterocycles. The summed E-state index contributed by atoms with van der Waals surface area (Å²) in [6.07, 6.45) is -9.19. The molecule has 3 aromatic rings. The van der Waals surface area contributed by atoms with Crippen LogP contribution < -0.4 is 14.2 Å². The van der Waals surface area contributed by atoms with Crippen molar-refractivity contribution >= 4 is 10.2 Å². The van der Waals surface area contributed by atoms with Crippen molar-refractivity contribution in [2.75, 3.05) is 6.54 Å². The van der Waals surface area contributed by atoms with Crippen molar-refractivity contribution in [3.05, 3.63) is 65.7 Å². The maximum absolute atomic E-state index is 12.8. The molecule has 0 spiro atoms. The van der Waals surface area contributed by atoms with Gasteiger partial charge in [-0.05, 0) is 56.7 Å². The number of ether oxygens (including phenoxy) is 1. The lowest BCUT2D eigenvalue weighted by molar-refractivity contribution is -0.137. The summed E-state index contributed by atoms with van der Waals surface area (Å²) in [6.45, 7) is 3.44. The fourth-order valence-electron chi connectivity index (χ4n) is 3.36. The van der Waals surface area contributed by atoms with Crippen LogP contribution in [0.1, 0.15) is 31.9 Å². The van der Waals surface area contributed by atoms with Gasteiger partial charge in [0.2, 0.25) is 5.88 Å². The van der Waals surface area contributed by atoms with E-state index in [1.165, 1.54) is 35.4 Å². The fourth-order valence-corrected chi connectivity index (χ4v) is 4.57. The van der Waals surface area contributed by atoms with Crippen molar-refractivity contribution < 1.29 is 39.5 Å². The van der Waals surface area contributed by atoms with Crippen LogP contribution in [0.2, 0.25) is 0 Å². The van der Waals surface area contributed by atoms with Crippen molar-refractivity contribution in [3.8, 4) is 22.9 Å². The largest absolute Gasteiger partial charge is 0.439 e. The first kappa shape index (κ1) is 28.5. The van der Waals surface area contributed by atoms with Gasteiger partial charge in [0.25, 0.3) is 10.2 Å². The molecule has 2 aromatic carbocycles. The third-order valence-corrected chi connectivity index (χ3v) is 6.48. The van der Waals surface area contributed by atoms with Crippen molar-refractivity contribution in [2.45, 2.75) is 45.2 Å². The van der Waals surface area contributed by atoms with Crippen LogP contribution in [0.4, 0.5) is 26.3 Å². The zero-order valence-corrected chi connectivity index (χ0v) is 20.7. The monoisotopic (exact) mass is 550 g/mol. The topological polar surface area (TPSA) is 85.2 Å². The van der Waals surface area contributed by atoms with E-state index in [0.717, 1.165) is 12.1 Å². The molecular weight excluding hydrogens is 526 g/mol. The average molecular weight is 551 g/mol. The van der Waals surface area contributed by atoms with E-state index in [1.54, 1.807) is 37.3 Å². The highest BCUT2D eigenvalue weighted by molar-refractivity contribution is 7.87. The minimum Gasteiger partial charge on any atom is -0.439 e. The molecule has 0 aliphatic heterocycles. The number of hydrogen-bond acceptors (Lipinski definition) is 4. The number of hydrogen-bond donors (Lipinski definition) is 2. The van der Waals surface area contributed by atoms with Crippen LogP contribution in [0.25, 0.3) is 11.3 Å². The maximum atomic E-state index is 12.8. The lowest BCUT2D eigenvalue weighted by Crippen LogP contribution is -2.48. The molecule has 0 atom stereocenters. The van der Waals surface area contributed by atoms with Crippen LogP contribution >= 0.6 is 0 Å². The maximum Gasteiger partial charge on any atom is 0.416 e. The Morgan fingerprint density at radius 3 is 2.16 bits per heavy atom. The predicted octanol–water partition coefficient (Wildman–Crippen LogP) is 5.60. The number of nitrogens with zero attached hydrogens (tertiary/aromatic N) is 2. The Bertz CT molecular complexity index is 1330. The first-order chi connectivity index (χ1) is 17.0. The molecule has 0 saturated carbocycles. The molecule has 202 valence electrons. The molecule has 0 unspecified atom stereocenters. The lowest BCUT2D eigenvalue weighted by atomic mass is 9.93. The molecule has 0 aliphatic carbocycles. The number of rotatable bonds is 9. The summed E-state index contributed by atoms with van der Waals surface area (Å²) < 4.78 is 111. The molecule has 0 bridgehead atoms. The molecule has 0 aliphatic rings. The third kappa shape index (κ3) is 7.69. The zero-order valence-electron chi connectivity index (χ0n) is 19.9. The summed E-state index contributed by atoms with van der Waals surface area (Å²) in [5.74, 6) is 0.434. The van der Waals surface area contributed by atoms with Crippen molar-refractivity contribution in [3.63, 3.8) is 0 Å². The van der Waals surface area contributed by atoms with Gasteiger partial charge in [0, 0.05) is 18.2 Å². The van der Waals surface area contributed by atoms with Gasteiger partial charge >= 0.3 is 12.4 Å². The third-order valence-electron chi connectivity index (χ3n) is 5.18. The van der Waals surface area contributed by atoms with E-state index in [1.807, 2.05) is 0 Å². The first-order valence-corrected chi connectivity index (χ1v) is 12.4. The molecule has 1 heterocycles. The van der Waals surface area contributed by atoms with Gasteiger partial charge in [-0.2, -0.15) is 49.3 Å². The summed E-state index contributed by atoms with van der Waals surface area (Å²) in [7, 11) is -4.48. The van der Waals surface area contributed by atoms with Crippen molar-refractivity contribution in [2.24, 2.45) is 0 Å². The van der Waals surface area contributed by atoms with Crippen LogP contribution in [0.5, 0.6) is 11.6 Å². The molecule has 14 heteroatoms. The number of nitrogens with one attached hydrogen (secondary N) is 2. The molecule has 7 nitrogen and oxygen atoms in total. The van der Waals surface area contributed by atoms with Crippen LogP contribution in [-0.4, -0.2) is 30.9 Å². The molecule has 0 amide bonds. The van der Waals surface area contributed by atoms with Gasteiger partial charge in [-0.3, -0.25) is 0 Å². The molecule has 1 aromatic heterocycles. The van der Waals surface area contributed by atoms with Gasteiger partial charge in [0.1, 0.15) is 12.3 Å². The van der Waals surface area contributed by atoms with E-state index >= 15 is 0 Å². The van der Waals surface area contributed by atoms with E-state index in [4.69, 9.17) is 4.74 Å². The summed E-state index contributed by atoms with van der Waals surface area (Å²) in [4.78, 5) is 0. The molecule has 37 heavy (non-hydrogen) atoms. The number of benzene rings is 2. The smallest absolute Gasteiger partial charge is 0.416 e. The quantitative estimate of drug-likeness (QED) is 0.340. The van der Waals surface area contributed by atoms with E-state index < -0.39 is 40.2 Å². The molecule has 0 fully saturated rings. The lowest BCUT2D eigenvalue weighted by Gasteiger charge is -2.27. The van der Waals surface area contributed by atoms with Crippen LogP contribution in [0, 0.1) is 0 Å². The summed E-state index contributed by atoms with van der Waals surface area (Å²) >= 11 is 0. The van der Waals surface area contributed by atoms with Crippen LogP contribution in [0.15, 0.2) is 54.6 Å². The second-order valence-electron chi connectivity index (χ2n) is 8.56. The fraction of sp³-hybridized carbons (Fsp3) is 0.348. The molecular formula is C23H24F6N4O3S. The summed E-state index contributed by atoms with van der Waals surface area (Å²) in [5, 5.41) is 4.44. The normalized spacial score (nSPS) is 13.1. The first-order valence-electron chi connectivity index (χ1n) is 10.9. The predicted molar refractivity (Wildman–Crippen MR) is 124 cm³/mol. The van der Waals surface area contributed by atoms with E-state index in [2.05, 4.69) is 9.82 Å². The van der Waals surface area contributed by atoms with Gasteiger partial charge in [-0.1, -0.05) is 18.2 Å². The van der Waals surface area contributed by atoms with Crippen molar-refractivity contribution in [1.29, 1.82) is 0 Å². The van der Waals surface area contributed by atoms with E-state index in [0.29, 0.717) is 23.4 Å².